The Labute approximate surface area is 147 Å². The van der Waals surface area contributed by atoms with Crippen LogP contribution in [0.4, 0.5) is 0 Å². The number of halogens is 2. The Kier molecular flexibility index (Phi) is 6.89. The van der Waals surface area contributed by atoms with Crippen LogP contribution in [0.2, 0.25) is 10.0 Å². The average molecular weight is 381 g/mol. The number of benzene rings is 1. The van der Waals surface area contributed by atoms with Crippen LogP contribution in [0.25, 0.3) is 0 Å². The first-order chi connectivity index (χ1) is 10.4. The van der Waals surface area contributed by atoms with Crippen LogP contribution in [0.3, 0.4) is 0 Å². The van der Waals surface area contributed by atoms with Crippen LogP contribution in [-0.4, -0.2) is 38.9 Å². The van der Waals surface area contributed by atoms with Gasteiger partial charge in [0.05, 0.1) is 11.8 Å². The van der Waals surface area contributed by atoms with Crippen LogP contribution in [0.15, 0.2) is 18.2 Å². The molecule has 0 aliphatic heterocycles. The summed E-state index contributed by atoms with van der Waals surface area (Å²) in [4.78, 5) is 12.0. The first kappa shape index (κ1) is 20.2. The third kappa shape index (κ3) is 6.30. The molecular formula is C15H22Cl2N2O3S. The van der Waals surface area contributed by atoms with Gasteiger partial charge in [0, 0.05) is 28.3 Å². The number of hydrogen-bond acceptors (Lipinski definition) is 4. The van der Waals surface area contributed by atoms with Crippen LogP contribution in [0.5, 0.6) is 0 Å². The van der Waals surface area contributed by atoms with E-state index in [4.69, 9.17) is 28.9 Å². The molecule has 0 fully saturated rings. The van der Waals surface area contributed by atoms with Crippen molar-refractivity contribution in [2.75, 3.05) is 18.6 Å². The van der Waals surface area contributed by atoms with Crippen LogP contribution in [0.1, 0.15) is 25.8 Å². The van der Waals surface area contributed by atoms with Crippen molar-refractivity contribution in [2.45, 2.75) is 31.7 Å². The van der Waals surface area contributed by atoms with Gasteiger partial charge in [-0.05, 0) is 24.1 Å². The molecule has 0 saturated carbocycles. The molecule has 1 amide bonds. The van der Waals surface area contributed by atoms with Crippen LogP contribution in [-0.2, 0) is 20.0 Å². The van der Waals surface area contributed by atoms with Crippen molar-refractivity contribution in [3.63, 3.8) is 0 Å². The fourth-order valence-electron chi connectivity index (χ4n) is 2.14. The molecule has 1 aromatic rings. The van der Waals surface area contributed by atoms with E-state index in [0.717, 1.165) is 11.8 Å². The number of nitrogens with two attached hydrogens (primary N) is 1. The third-order valence-electron chi connectivity index (χ3n) is 3.48. The van der Waals surface area contributed by atoms with Crippen molar-refractivity contribution in [1.29, 1.82) is 0 Å². The standard InChI is InChI=1S/C15H22Cl2N2O3S/c1-15(2,13-10(16)5-4-6-11(13)17)9-19-14(20)12(18)7-8-23(3,21)22/h4-6,12H,7-9,18H2,1-3H3,(H,19,20). The highest BCUT2D eigenvalue weighted by atomic mass is 35.5. The van der Waals surface area contributed by atoms with Gasteiger partial charge >= 0.3 is 0 Å². The van der Waals surface area contributed by atoms with Gasteiger partial charge in [0.25, 0.3) is 0 Å². The number of hydrogen-bond donors (Lipinski definition) is 2. The fourth-order valence-corrected chi connectivity index (χ4v) is 3.74. The normalized spacial score (nSPS) is 13.7. The SMILES string of the molecule is CC(C)(CNC(=O)C(N)CCS(C)(=O)=O)c1c(Cl)cccc1Cl. The minimum Gasteiger partial charge on any atom is -0.354 e. The van der Waals surface area contributed by atoms with Gasteiger partial charge in [0.15, 0.2) is 0 Å². The van der Waals surface area contributed by atoms with Crippen LogP contribution >= 0.6 is 23.2 Å². The molecule has 0 bridgehead atoms. The number of sulfone groups is 1. The van der Waals surface area contributed by atoms with Gasteiger partial charge in [-0.3, -0.25) is 4.79 Å². The molecule has 23 heavy (non-hydrogen) atoms. The first-order valence-electron chi connectivity index (χ1n) is 7.09. The highest BCUT2D eigenvalue weighted by Crippen LogP contribution is 2.35. The molecule has 130 valence electrons. The predicted octanol–water partition coefficient (Wildman–Crippen LogP) is 2.15. The van der Waals surface area contributed by atoms with Crippen LogP contribution in [0, 0.1) is 0 Å². The van der Waals surface area contributed by atoms with E-state index in [1.165, 1.54) is 0 Å². The number of carbonyl (C=O) groups is 1. The molecule has 0 spiro atoms. The third-order valence-corrected chi connectivity index (χ3v) is 5.09. The maximum atomic E-state index is 12.0. The average Bonchev–Trinajstić information content (AvgIpc) is 2.41. The summed E-state index contributed by atoms with van der Waals surface area (Å²) < 4.78 is 22.2. The molecule has 1 rings (SSSR count). The molecule has 0 radical (unpaired) electrons. The molecule has 0 aliphatic carbocycles. The highest BCUT2D eigenvalue weighted by Gasteiger charge is 2.27. The van der Waals surface area contributed by atoms with E-state index in [9.17, 15) is 13.2 Å². The van der Waals surface area contributed by atoms with Gasteiger partial charge in [-0.15, -0.1) is 0 Å². The number of amides is 1. The summed E-state index contributed by atoms with van der Waals surface area (Å²) in [6, 6.07) is 4.36. The first-order valence-corrected chi connectivity index (χ1v) is 9.91. The van der Waals surface area contributed by atoms with E-state index in [1.54, 1.807) is 18.2 Å². The Morgan fingerprint density at radius 2 is 1.83 bits per heavy atom. The Bertz CT molecular complexity index is 655. The van der Waals surface area contributed by atoms with Crippen molar-refractivity contribution in [2.24, 2.45) is 5.73 Å². The Balaban J connectivity index is 2.71. The zero-order valence-corrected chi connectivity index (χ0v) is 15.7. The molecule has 1 aromatic carbocycles. The zero-order chi connectivity index (χ0) is 17.8. The Morgan fingerprint density at radius 3 is 2.30 bits per heavy atom. The van der Waals surface area contributed by atoms with Gasteiger partial charge in [-0.2, -0.15) is 0 Å². The lowest BCUT2D eigenvalue weighted by molar-refractivity contribution is -0.122. The number of nitrogens with one attached hydrogen (secondary N) is 1. The van der Waals surface area contributed by atoms with Gasteiger partial charge in [-0.25, -0.2) is 8.42 Å². The summed E-state index contributed by atoms with van der Waals surface area (Å²) in [6.07, 6.45) is 1.19. The lowest BCUT2D eigenvalue weighted by Crippen LogP contribution is -2.46. The quantitative estimate of drug-likeness (QED) is 0.758. The second-order valence-corrected chi connectivity index (χ2v) is 9.30. The molecule has 1 unspecified atom stereocenters. The molecule has 0 saturated heterocycles. The smallest absolute Gasteiger partial charge is 0.236 e. The van der Waals surface area contributed by atoms with E-state index in [1.807, 2.05) is 13.8 Å². The summed E-state index contributed by atoms with van der Waals surface area (Å²) >= 11 is 12.4. The molecule has 0 aromatic heterocycles. The summed E-state index contributed by atoms with van der Waals surface area (Å²) in [6.45, 7) is 4.09. The van der Waals surface area contributed by atoms with Crippen molar-refractivity contribution in [1.82, 2.24) is 5.32 Å². The van der Waals surface area contributed by atoms with Crippen molar-refractivity contribution in [3.05, 3.63) is 33.8 Å². The largest absolute Gasteiger partial charge is 0.354 e. The van der Waals surface area contributed by atoms with E-state index in [-0.39, 0.29) is 18.7 Å². The minimum atomic E-state index is -3.15. The summed E-state index contributed by atoms with van der Waals surface area (Å²) in [5, 5.41) is 3.79. The summed E-state index contributed by atoms with van der Waals surface area (Å²) in [5.41, 5.74) is 5.97. The second kappa shape index (κ2) is 7.83. The Hall–Kier alpha value is -0.820. The maximum Gasteiger partial charge on any atom is 0.236 e. The monoisotopic (exact) mass is 380 g/mol. The van der Waals surface area contributed by atoms with Crippen molar-refractivity contribution in [3.8, 4) is 0 Å². The summed E-state index contributed by atoms with van der Waals surface area (Å²) in [7, 11) is -3.15. The van der Waals surface area contributed by atoms with E-state index in [2.05, 4.69) is 5.32 Å². The highest BCUT2D eigenvalue weighted by molar-refractivity contribution is 7.90. The topological polar surface area (TPSA) is 89.3 Å². The molecule has 5 nitrogen and oxygen atoms in total. The predicted molar refractivity (Wildman–Crippen MR) is 94.8 cm³/mol. The number of rotatable bonds is 7. The molecule has 3 N–H and O–H groups in total. The fraction of sp³-hybridized carbons (Fsp3) is 0.533. The number of carbonyl (C=O) groups excluding carboxylic acids is 1. The molecule has 8 heteroatoms. The van der Waals surface area contributed by atoms with E-state index < -0.39 is 27.2 Å². The van der Waals surface area contributed by atoms with Gasteiger partial charge in [-0.1, -0.05) is 43.1 Å². The molecule has 0 aliphatic rings. The lowest BCUT2D eigenvalue weighted by Gasteiger charge is -2.28. The van der Waals surface area contributed by atoms with E-state index in [0.29, 0.717) is 10.0 Å². The van der Waals surface area contributed by atoms with Crippen molar-refractivity contribution < 1.29 is 13.2 Å². The maximum absolute atomic E-state index is 12.0. The van der Waals surface area contributed by atoms with Crippen molar-refractivity contribution >= 4 is 38.9 Å². The van der Waals surface area contributed by atoms with E-state index >= 15 is 0 Å². The lowest BCUT2D eigenvalue weighted by atomic mass is 9.84. The van der Waals surface area contributed by atoms with Crippen LogP contribution < -0.4 is 11.1 Å². The van der Waals surface area contributed by atoms with Gasteiger partial charge < -0.3 is 11.1 Å². The summed E-state index contributed by atoms with van der Waals surface area (Å²) in [5.74, 6) is -0.522. The van der Waals surface area contributed by atoms with Gasteiger partial charge in [0.2, 0.25) is 5.91 Å². The molecular weight excluding hydrogens is 359 g/mol. The Morgan fingerprint density at radius 1 is 1.30 bits per heavy atom. The molecule has 0 heterocycles. The minimum absolute atomic E-state index is 0.0813. The zero-order valence-electron chi connectivity index (χ0n) is 13.4. The molecule has 1 atom stereocenters. The second-order valence-electron chi connectivity index (χ2n) is 6.22. The van der Waals surface area contributed by atoms with Gasteiger partial charge in [0.1, 0.15) is 9.84 Å².